The first-order chi connectivity index (χ1) is 32.6. The molecule has 2 atom stereocenters. The van der Waals surface area contributed by atoms with Gasteiger partial charge in [-0.25, -0.2) is 0 Å². The topological polar surface area (TPSA) is 18.1 Å². The number of nitrogens with zero attached hydrogens (tertiary/aromatic N) is 1. The number of aromatic nitrogens is 1. The summed E-state index contributed by atoms with van der Waals surface area (Å²) < 4.78 is 8.79. The smallest absolute Gasteiger partial charge is 0.179 e. The molecule has 0 saturated carbocycles. The molecule has 2 bridgehead atoms. The lowest BCUT2D eigenvalue weighted by Gasteiger charge is -2.48. The van der Waals surface area contributed by atoms with E-state index in [-0.39, 0.29) is 11.8 Å². The van der Waals surface area contributed by atoms with Crippen molar-refractivity contribution in [2.45, 2.75) is 18.8 Å². The molecule has 312 valence electrons. The summed E-state index contributed by atoms with van der Waals surface area (Å²) in [5.74, 6) is 0.0607. The van der Waals surface area contributed by atoms with Gasteiger partial charge >= 0.3 is 0 Å². The lowest BCUT2D eigenvalue weighted by atomic mass is 9.60. The Morgan fingerprint density at radius 1 is 0.485 bits per heavy atom. The number of fused-ring (bicyclic) bond motifs is 6. The van der Waals surface area contributed by atoms with Crippen LogP contribution in [0, 0.1) is 0 Å². The standard InChI is InChI=1S/C63H45NOSi/c1-3-20-59(66(44-21-7-4-8-22-44,45-23-9-5-10-24-45)46-25-11-6-12-26-46)61-41(2)60-49-29-13-14-30-50(49)63(61)62-51(60)31-19-33-56(62)64-54-32-17-15-27-47(54)52-39-42(35-37-55(52)64)43-36-38-58-53(40-43)48-28-16-18-34-57(48)65-58/h3-40,60,63H,1H2,2H3/b59-20+. The van der Waals surface area contributed by atoms with Crippen LogP contribution in [-0.4, -0.2) is 12.6 Å². The van der Waals surface area contributed by atoms with E-state index >= 15 is 0 Å². The predicted octanol–water partition coefficient (Wildman–Crippen LogP) is 14.1. The molecule has 66 heavy (non-hydrogen) atoms. The van der Waals surface area contributed by atoms with Gasteiger partial charge in [0.05, 0.1) is 16.7 Å². The molecule has 3 aliphatic rings. The largest absolute Gasteiger partial charge is 0.456 e. The molecule has 11 aromatic rings. The third kappa shape index (κ3) is 5.47. The maximum atomic E-state index is 6.23. The van der Waals surface area contributed by atoms with Crippen molar-refractivity contribution in [3.8, 4) is 16.8 Å². The Morgan fingerprint density at radius 2 is 1.02 bits per heavy atom. The van der Waals surface area contributed by atoms with Crippen molar-refractivity contribution >= 4 is 67.4 Å². The molecule has 0 spiro atoms. The minimum Gasteiger partial charge on any atom is -0.456 e. The summed E-state index contributed by atoms with van der Waals surface area (Å²) in [5.41, 5.74) is 16.2. The summed E-state index contributed by atoms with van der Waals surface area (Å²) in [5, 5.41) is 10.2. The number of hydrogen-bond donors (Lipinski definition) is 0. The van der Waals surface area contributed by atoms with E-state index in [1.165, 1.54) is 92.8 Å². The summed E-state index contributed by atoms with van der Waals surface area (Å²) in [6.45, 7) is 6.88. The zero-order valence-electron chi connectivity index (χ0n) is 36.7. The second kappa shape index (κ2) is 15.1. The second-order valence-corrected chi connectivity index (χ2v) is 21.7. The highest BCUT2D eigenvalue weighted by Crippen LogP contribution is 2.59. The molecule has 9 aromatic carbocycles. The Bertz CT molecular complexity index is 3700. The number of hydrogen-bond acceptors (Lipinski definition) is 1. The van der Waals surface area contributed by atoms with Gasteiger partial charge in [0, 0.05) is 33.4 Å². The Labute approximate surface area is 385 Å². The van der Waals surface area contributed by atoms with Crippen molar-refractivity contribution in [1.29, 1.82) is 0 Å². The molecule has 2 aromatic heterocycles. The van der Waals surface area contributed by atoms with Gasteiger partial charge < -0.3 is 8.98 Å². The molecule has 14 rings (SSSR count). The van der Waals surface area contributed by atoms with E-state index in [2.05, 4.69) is 230 Å². The van der Waals surface area contributed by atoms with Gasteiger partial charge in [0.15, 0.2) is 8.07 Å². The lowest BCUT2D eigenvalue weighted by molar-refractivity contribution is 0.669. The monoisotopic (exact) mass is 859 g/mol. The van der Waals surface area contributed by atoms with Crippen molar-refractivity contribution in [1.82, 2.24) is 4.57 Å². The van der Waals surface area contributed by atoms with Crippen molar-refractivity contribution < 1.29 is 4.42 Å². The molecular weight excluding hydrogens is 815 g/mol. The molecule has 3 heteroatoms. The summed E-state index contributed by atoms with van der Waals surface area (Å²) in [6.07, 6.45) is 4.43. The van der Waals surface area contributed by atoms with Crippen LogP contribution in [0.2, 0.25) is 0 Å². The van der Waals surface area contributed by atoms with Crippen molar-refractivity contribution in [3.63, 3.8) is 0 Å². The van der Waals surface area contributed by atoms with Gasteiger partial charge in [-0.3, -0.25) is 0 Å². The molecule has 0 fully saturated rings. The number of benzene rings is 9. The normalized spacial score (nSPS) is 15.7. The zero-order chi connectivity index (χ0) is 43.9. The quantitative estimate of drug-likeness (QED) is 0.0846. The fraction of sp³-hybridized carbons (Fsp3) is 0.0476. The van der Waals surface area contributed by atoms with Gasteiger partial charge in [-0.05, 0) is 109 Å². The first-order valence-electron chi connectivity index (χ1n) is 23.0. The predicted molar refractivity (Wildman–Crippen MR) is 279 cm³/mol. The number of rotatable bonds is 8. The van der Waals surface area contributed by atoms with Crippen molar-refractivity contribution in [3.05, 3.63) is 276 Å². The van der Waals surface area contributed by atoms with Crippen LogP contribution in [0.5, 0.6) is 0 Å². The third-order valence-electron chi connectivity index (χ3n) is 14.7. The Morgan fingerprint density at radius 3 is 1.70 bits per heavy atom. The molecule has 0 N–H and O–H groups in total. The van der Waals surface area contributed by atoms with Crippen LogP contribution in [0.1, 0.15) is 41.0 Å². The number of furan rings is 1. The van der Waals surface area contributed by atoms with Gasteiger partial charge in [-0.2, -0.15) is 0 Å². The van der Waals surface area contributed by atoms with Crippen LogP contribution in [0.4, 0.5) is 0 Å². The molecule has 2 unspecified atom stereocenters. The highest BCUT2D eigenvalue weighted by molar-refractivity contribution is 7.16. The van der Waals surface area contributed by atoms with E-state index < -0.39 is 8.07 Å². The summed E-state index contributed by atoms with van der Waals surface area (Å²) in [4.78, 5) is 0. The second-order valence-electron chi connectivity index (χ2n) is 17.9. The average Bonchev–Trinajstić information content (AvgIpc) is 3.92. The van der Waals surface area contributed by atoms with E-state index in [1.807, 2.05) is 18.2 Å². The van der Waals surface area contributed by atoms with E-state index in [0.29, 0.717) is 0 Å². The van der Waals surface area contributed by atoms with E-state index in [1.54, 1.807) is 0 Å². The average molecular weight is 860 g/mol. The molecule has 0 aliphatic heterocycles. The van der Waals surface area contributed by atoms with Crippen molar-refractivity contribution in [2.75, 3.05) is 0 Å². The van der Waals surface area contributed by atoms with Gasteiger partial charge in [0.25, 0.3) is 0 Å². The minimum atomic E-state index is -3.00. The third-order valence-corrected chi connectivity index (χ3v) is 19.5. The fourth-order valence-corrected chi connectivity index (χ4v) is 17.2. The van der Waals surface area contributed by atoms with Crippen LogP contribution in [-0.2, 0) is 0 Å². The van der Waals surface area contributed by atoms with E-state index in [0.717, 1.165) is 21.9 Å². The Kier molecular flexibility index (Phi) is 8.78. The molecular formula is C63H45NOSi. The van der Waals surface area contributed by atoms with Crippen LogP contribution in [0.3, 0.4) is 0 Å². The van der Waals surface area contributed by atoms with Crippen LogP contribution in [0.25, 0.3) is 60.6 Å². The number of allylic oxidation sites excluding steroid dienone is 5. The fourth-order valence-electron chi connectivity index (χ4n) is 12.1. The maximum absolute atomic E-state index is 6.23. The van der Waals surface area contributed by atoms with Gasteiger partial charge in [0.1, 0.15) is 11.2 Å². The number of para-hydroxylation sites is 2. The van der Waals surface area contributed by atoms with Gasteiger partial charge in [-0.1, -0.05) is 200 Å². The minimum absolute atomic E-state index is 0.0291. The molecule has 3 aliphatic carbocycles. The van der Waals surface area contributed by atoms with Crippen LogP contribution in [0.15, 0.2) is 258 Å². The van der Waals surface area contributed by atoms with E-state index in [4.69, 9.17) is 4.42 Å². The highest BCUT2D eigenvalue weighted by atomic mass is 28.3. The molecule has 2 heterocycles. The van der Waals surface area contributed by atoms with E-state index in [9.17, 15) is 0 Å². The molecule has 0 saturated heterocycles. The molecule has 0 amide bonds. The molecule has 2 nitrogen and oxygen atoms in total. The maximum Gasteiger partial charge on any atom is 0.179 e. The first-order valence-corrected chi connectivity index (χ1v) is 25.0. The SMILES string of the molecule is C=C/C=C(\C1=C(C)C2c3ccccc3C1c1c2cccc1-n1c2ccccc2c2cc(-c3ccc4oc5ccccc5c4c3)ccc21)[Si](c1ccccc1)(c1ccccc1)c1ccccc1. The lowest BCUT2D eigenvalue weighted by Crippen LogP contribution is -2.69. The van der Waals surface area contributed by atoms with Crippen LogP contribution < -0.4 is 15.6 Å². The summed E-state index contributed by atoms with van der Waals surface area (Å²) in [7, 11) is -3.00. The van der Waals surface area contributed by atoms with Crippen LogP contribution >= 0.6 is 0 Å². The van der Waals surface area contributed by atoms with Gasteiger partial charge in [-0.15, -0.1) is 0 Å². The summed E-state index contributed by atoms with van der Waals surface area (Å²) >= 11 is 0. The first kappa shape index (κ1) is 38.5. The van der Waals surface area contributed by atoms with Gasteiger partial charge in [0.2, 0.25) is 0 Å². The van der Waals surface area contributed by atoms with Crippen molar-refractivity contribution in [2.24, 2.45) is 0 Å². The Hall–Kier alpha value is -7.98. The molecule has 0 radical (unpaired) electrons. The highest BCUT2D eigenvalue weighted by Gasteiger charge is 2.51. The zero-order valence-corrected chi connectivity index (χ0v) is 37.7. The Balaban J connectivity index is 1.06. The summed E-state index contributed by atoms with van der Waals surface area (Å²) in [6, 6.07) is 81.2.